The first-order chi connectivity index (χ1) is 14.5. The molecule has 0 radical (unpaired) electrons. The standard InChI is InChI=1S/C20H28N6O3S/c1-3-28-20(27)26-9-6-15(7-10-26)25-18(30)13-23-17-5-4-8-21-19(17)24-12-16-11-22-14(2)29-16/h4-5,8,11,15,23H,3,6-7,9-10,12-13H2,1-2H3,(H,21,24)(H,25,30). The normalized spacial score (nSPS) is 14.3. The number of oxazole rings is 1. The van der Waals surface area contributed by atoms with Crippen molar-refractivity contribution in [3.63, 3.8) is 0 Å². The molecule has 0 unspecified atom stereocenters. The number of ether oxygens (including phenoxy) is 1. The zero-order chi connectivity index (χ0) is 21.3. The van der Waals surface area contributed by atoms with E-state index >= 15 is 0 Å². The van der Waals surface area contributed by atoms with Gasteiger partial charge in [0.1, 0.15) is 11.6 Å². The zero-order valence-corrected chi connectivity index (χ0v) is 18.1. The van der Waals surface area contributed by atoms with Crippen molar-refractivity contribution in [3.8, 4) is 0 Å². The third kappa shape index (κ3) is 6.31. The van der Waals surface area contributed by atoms with Gasteiger partial charge in [0.2, 0.25) is 0 Å². The molecule has 30 heavy (non-hydrogen) atoms. The number of rotatable bonds is 8. The fourth-order valence-electron chi connectivity index (χ4n) is 3.22. The molecule has 1 saturated heterocycles. The Morgan fingerprint density at radius 3 is 2.83 bits per heavy atom. The Bertz CT molecular complexity index is 851. The van der Waals surface area contributed by atoms with Crippen molar-refractivity contribution in [2.24, 2.45) is 0 Å². The zero-order valence-electron chi connectivity index (χ0n) is 17.3. The predicted octanol–water partition coefficient (Wildman–Crippen LogP) is 2.94. The molecule has 2 aromatic heterocycles. The van der Waals surface area contributed by atoms with Crippen molar-refractivity contribution in [3.05, 3.63) is 36.2 Å². The van der Waals surface area contributed by atoms with Crippen molar-refractivity contribution in [1.29, 1.82) is 0 Å². The number of nitrogens with zero attached hydrogens (tertiary/aromatic N) is 3. The Morgan fingerprint density at radius 2 is 2.13 bits per heavy atom. The van der Waals surface area contributed by atoms with Crippen LogP contribution in [0.2, 0.25) is 0 Å². The molecule has 0 spiro atoms. The maximum absolute atomic E-state index is 11.8. The molecule has 1 aliphatic heterocycles. The van der Waals surface area contributed by atoms with Crippen LogP contribution in [0.5, 0.6) is 0 Å². The average molecular weight is 433 g/mol. The van der Waals surface area contributed by atoms with Crippen LogP contribution < -0.4 is 16.0 Å². The number of thiocarbonyl (C=S) groups is 1. The molecule has 1 fully saturated rings. The molecule has 3 heterocycles. The maximum Gasteiger partial charge on any atom is 0.409 e. The fourth-order valence-corrected chi connectivity index (χ4v) is 3.46. The smallest absolute Gasteiger partial charge is 0.409 e. The van der Waals surface area contributed by atoms with Crippen molar-refractivity contribution in [2.45, 2.75) is 39.3 Å². The van der Waals surface area contributed by atoms with Gasteiger partial charge in [-0.1, -0.05) is 12.2 Å². The Labute approximate surface area is 181 Å². The van der Waals surface area contributed by atoms with Crippen LogP contribution in [-0.2, 0) is 11.3 Å². The van der Waals surface area contributed by atoms with Gasteiger partial charge in [-0.15, -0.1) is 0 Å². The lowest BCUT2D eigenvalue weighted by molar-refractivity contribution is 0.0964. The summed E-state index contributed by atoms with van der Waals surface area (Å²) in [4.78, 5) is 22.7. The van der Waals surface area contributed by atoms with Gasteiger partial charge >= 0.3 is 6.09 Å². The lowest BCUT2D eigenvalue weighted by Gasteiger charge is -2.32. The number of piperidine rings is 1. The molecular formula is C20H28N6O3S. The topological polar surface area (TPSA) is 105 Å². The molecule has 9 nitrogen and oxygen atoms in total. The minimum atomic E-state index is -0.239. The Balaban J connectivity index is 1.43. The van der Waals surface area contributed by atoms with Gasteiger partial charge in [-0.25, -0.2) is 14.8 Å². The van der Waals surface area contributed by atoms with Crippen LogP contribution in [0.15, 0.2) is 28.9 Å². The number of pyridine rings is 1. The summed E-state index contributed by atoms with van der Waals surface area (Å²) >= 11 is 5.50. The Hall–Kier alpha value is -2.88. The number of amides is 1. The third-order valence-corrected chi connectivity index (χ3v) is 4.99. The summed E-state index contributed by atoms with van der Waals surface area (Å²) < 4.78 is 10.5. The molecule has 1 amide bonds. The highest BCUT2D eigenvalue weighted by molar-refractivity contribution is 7.80. The summed E-state index contributed by atoms with van der Waals surface area (Å²) in [5, 5.41) is 9.97. The van der Waals surface area contributed by atoms with Crippen molar-refractivity contribution < 1.29 is 13.9 Å². The predicted molar refractivity (Wildman–Crippen MR) is 119 cm³/mol. The van der Waals surface area contributed by atoms with Gasteiger partial charge in [-0.2, -0.15) is 0 Å². The van der Waals surface area contributed by atoms with Gasteiger partial charge in [0.25, 0.3) is 0 Å². The second kappa shape index (κ2) is 10.8. The summed E-state index contributed by atoms with van der Waals surface area (Å²) in [6.45, 7) is 6.36. The van der Waals surface area contributed by atoms with E-state index in [1.165, 1.54) is 0 Å². The second-order valence-corrected chi connectivity index (χ2v) is 7.47. The van der Waals surface area contributed by atoms with Gasteiger partial charge in [0, 0.05) is 32.3 Å². The lowest BCUT2D eigenvalue weighted by atomic mass is 10.1. The van der Waals surface area contributed by atoms with E-state index in [4.69, 9.17) is 21.4 Å². The molecule has 10 heteroatoms. The third-order valence-electron chi connectivity index (χ3n) is 4.73. The van der Waals surface area contributed by atoms with Crippen LogP contribution in [0.1, 0.15) is 31.4 Å². The number of anilines is 2. The monoisotopic (exact) mass is 432 g/mol. The van der Waals surface area contributed by atoms with Gasteiger partial charge in [-0.3, -0.25) is 0 Å². The molecule has 0 aromatic carbocycles. The summed E-state index contributed by atoms with van der Waals surface area (Å²) in [5.74, 6) is 2.10. The molecule has 3 rings (SSSR count). The van der Waals surface area contributed by atoms with E-state index in [2.05, 4.69) is 25.9 Å². The first-order valence-corrected chi connectivity index (χ1v) is 10.5. The molecular weight excluding hydrogens is 404 g/mol. The minimum absolute atomic E-state index is 0.239. The number of hydrogen-bond acceptors (Lipinski definition) is 8. The summed E-state index contributed by atoms with van der Waals surface area (Å²) in [6, 6.07) is 4.07. The minimum Gasteiger partial charge on any atom is -0.450 e. The number of carbonyl (C=O) groups excluding carboxylic acids is 1. The van der Waals surface area contributed by atoms with E-state index in [1.807, 2.05) is 26.0 Å². The molecule has 1 aliphatic rings. The first kappa shape index (κ1) is 21.8. The average Bonchev–Trinajstić information content (AvgIpc) is 3.17. The number of hydrogen-bond donors (Lipinski definition) is 3. The first-order valence-electron chi connectivity index (χ1n) is 10.1. The van der Waals surface area contributed by atoms with Gasteiger partial charge in [-0.05, 0) is 31.9 Å². The molecule has 0 bridgehead atoms. The van der Waals surface area contributed by atoms with Crippen LogP contribution in [0.3, 0.4) is 0 Å². The lowest BCUT2D eigenvalue weighted by Crippen LogP contribution is -2.47. The largest absolute Gasteiger partial charge is 0.450 e. The van der Waals surface area contributed by atoms with E-state index < -0.39 is 0 Å². The molecule has 0 saturated carbocycles. The van der Waals surface area contributed by atoms with E-state index in [9.17, 15) is 4.79 Å². The molecule has 0 atom stereocenters. The van der Waals surface area contributed by atoms with Gasteiger partial charge in [0.05, 0.1) is 36.6 Å². The number of nitrogens with one attached hydrogen (secondary N) is 3. The van der Waals surface area contributed by atoms with Gasteiger partial charge < -0.3 is 30.0 Å². The number of aryl methyl sites for hydroxylation is 1. The molecule has 2 aromatic rings. The number of likely N-dealkylation sites (tertiary alicyclic amines) is 1. The van der Waals surface area contributed by atoms with E-state index in [-0.39, 0.29) is 12.1 Å². The number of aromatic nitrogens is 2. The number of carbonyl (C=O) groups is 1. The van der Waals surface area contributed by atoms with E-state index in [0.29, 0.717) is 38.7 Å². The highest BCUT2D eigenvalue weighted by Gasteiger charge is 2.23. The quantitative estimate of drug-likeness (QED) is 0.543. The Morgan fingerprint density at radius 1 is 1.33 bits per heavy atom. The summed E-state index contributed by atoms with van der Waals surface area (Å²) in [6.07, 6.45) is 4.87. The van der Waals surface area contributed by atoms with Crippen LogP contribution in [0.25, 0.3) is 0 Å². The van der Waals surface area contributed by atoms with Crippen LogP contribution >= 0.6 is 12.2 Å². The van der Waals surface area contributed by atoms with Gasteiger partial charge in [0.15, 0.2) is 5.89 Å². The van der Waals surface area contributed by atoms with E-state index in [0.717, 1.165) is 35.1 Å². The highest BCUT2D eigenvalue weighted by Crippen LogP contribution is 2.19. The van der Waals surface area contributed by atoms with Crippen LogP contribution in [-0.4, -0.2) is 58.2 Å². The highest BCUT2D eigenvalue weighted by atomic mass is 32.1. The van der Waals surface area contributed by atoms with Crippen molar-refractivity contribution >= 4 is 34.8 Å². The molecule has 3 N–H and O–H groups in total. The van der Waals surface area contributed by atoms with E-state index in [1.54, 1.807) is 17.3 Å². The summed E-state index contributed by atoms with van der Waals surface area (Å²) in [5.41, 5.74) is 0.856. The molecule has 162 valence electrons. The Kier molecular flexibility index (Phi) is 7.83. The van der Waals surface area contributed by atoms with Crippen molar-refractivity contribution in [1.82, 2.24) is 20.2 Å². The van der Waals surface area contributed by atoms with Crippen molar-refractivity contribution in [2.75, 3.05) is 36.9 Å². The maximum atomic E-state index is 11.8. The fraction of sp³-hybridized carbons (Fsp3) is 0.500. The van der Waals surface area contributed by atoms with Crippen LogP contribution in [0.4, 0.5) is 16.3 Å². The second-order valence-electron chi connectivity index (χ2n) is 6.98. The summed E-state index contributed by atoms with van der Waals surface area (Å²) in [7, 11) is 0. The SMILES string of the molecule is CCOC(=O)N1CCC(NC(=S)CNc2cccnc2NCc2cnc(C)o2)CC1. The molecule has 0 aliphatic carbocycles. The van der Waals surface area contributed by atoms with Crippen LogP contribution in [0, 0.1) is 6.92 Å².